The van der Waals surface area contributed by atoms with Gasteiger partial charge in [-0.3, -0.25) is 9.80 Å². The summed E-state index contributed by atoms with van der Waals surface area (Å²) in [6.07, 6.45) is -5.01. The van der Waals surface area contributed by atoms with Gasteiger partial charge in [-0.1, -0.05) is 24.3 Å². The van der Waals surface area contributed by atoms with Crippen molar-refractivity contribution in [3.8, 4) is 5.75 Å². The van der Waals surface area contributed by atoms with Crippen molar-refractivity contribution in [3.63, 3.8) is 0 Å². The Hall–Kier alpha value is -3.39. The number of ether oxygens (including phenoxy) is 1. The van der Waals surface area contributed by atoms with Crippen molar-refractivity contribution < 1.29 is 55.3 Å². The summed E-state index contributed by atoms with van der Waals surface area (Å²) < 4.78 is 82.1. The van der Waals surface area contributed by atoms with E-state index >= 15 is 0 Å². The van der Waals surface area contributed by atoms with Gasteiger partial charge in [-0.05, 0) is 92.7 Å². The van der Waals surface area contributed by atoms with Crippen LogP contribution in [0.1, 0.15) is 36.8 Å². The van der Waals surface area contributed by atoms with Gasteiger partial charge in [0.15, 0.2) is 0 Å². The van der Waals surface area contributed by atoms with Gasteiger partial charge in [0.25, 0.3) is 0 Å². The molecule has 0 aromatic heterocycles. The molecule has 0 aliphatic carbocycles. The van der Waals surface area contributed by atoms with Crippen molar-refractivity contribution in [3.05, 3.63) is 65.5 Å². The maximum atomic E-state index is 13.4. The first-order valence-electron chi connectivity index (χ1n) is 13.0. The van der Waals surface area contributed by atoms with Crippen LogP contribution in [-0.2, 0) is 22.7 Å². The fraction of sp³-hybridized carbons (Fsp3) is 0.500. The van der Waals surface area contributed by atoms with Gasteiger partial charge in [0.05, 0.1) is 7.11 Å². The average molecular weight is 611 g/mol. The summed E-state index contributed by atoms with van der Waals surface area (Å²) in [6.45, 7) is 6.55. The van der Waals surface area contributed by atoms with Gasteiger partial charge in [0.1, 0.15) is 11.6 Å². The molecule has 0 bridgehead atoms. The molecule has 2 aliphatic heterocycles. The summed E-state index contributed by atoms with van der Waals surface area (Å²) in [5.41, 5.74) is 2.97. The highest BCUT2D eigenvalue weighted by molar-refractivity contribution is 5.73. The number of nitrogens with zero attached hydrogens (tertiary/aromatic N) is 2. The van der Waals surface area contributed by atoms with Crippen LogP contribution < -0.4 is 4.74 Å². The lowest BCUT2D eigenvalue weighted by molar-refractivity contribution is -0.193. The minimum atomic E-state index is -5.08. The van der Waals surface area contributed by atoms with Crippen LogP contribution in [0, 0.1) is 11.2 Å². The fourth-order valence-electron chi connectivity index (χ4n) is 4.75. The number of rotatable bonds is 5. The van der Waals surface area contributed by atoms with E-state index in [0.717, 1.165) is 37.5 Å². The first kappa shape index (κ1) is 34.8. The smallest absolute Gasteiger partial charge is 0.490 e. The zero-order valence-electron chi connectivity index (χ0n) is 22.8. The number of halogens is 7. The number of hydrogen-bond acceptors (Lipinski definition) is 5. The van der Waals surface area contributed by atoms with E-state index < -0.39 is 24.3 Å². The summed E-state index contributed by atoms with van der Waals surface area (Å²) >= 11 is 0. The van der Waals surface area contributed by atoms with Crippen molar-refractivity contribution in [2.75, 3.05) is 33.3 Å². The zero-order valence-corrected chi connectivity index (χ0v) is 22.8. The van der Waals surface area contributed by atoms with Crippen molar-refractivity contribution in [2.24, 2.45) is 5.41 Å². The van der Waals surface area contributed by atoms with Crippen LogP contribution in [0.4, 0.5) is 30.7 Å². The molecule has 14 heteroatoms. The van der Waals surface area contributed by atoms with Gasteiger partial charge in [0.2, 0.25) is 0 Å². The minimum Gasteiger partial charge on any atom is -0.497 e. The second kappa shape index (κ2) is 15.2. The van der Waals surface area contributed by atoms with Crippen molar-refractivity contribution in [1.29, 1.82) is 0 Å². The predicted octanol–water partition coefficient (Wildman–Crippen LogP) is 5.98. The summed E-state index contributed by atoms with van der Waals surface area (Å²) in [5.74, 6) is -4.72. The van der Waals surface area contributed by atoms with Crippen LogP contribution in [-0.4, -0.2) is 77.6 Å². The molecule has 0 atom stereocenters. The number of methoxy groups -OCH3 is 1. The molecule has 2 heterocycles. The highest BCUT2D eigenvalue weighted by Gasteiger charge is 2.39. The molecule has 1 spiro atoms. The minimum absolute atomic E-state index is 0.129. The number of carboxylic acid groups (broad SMARTS) is 2. The zero-order chi connectivity index (χ0) is 31.6. The van der Waals surface area contributed by atoms with Crippen molar-refractivity contribution >= 4 is 11.9 Å². The number of benzene rings is 2. The summed E-state index contributed by atoms with van der Waals surface area (Å²) in [4.78, 5) is 22.9. The number of aliphatic carboxylic acids is 2. The topological polar surface area (TPSA) is 90.3 Å². The van der Waals surface area contributed by atoms with Crippen molar-refractivity contribution in [2.45, 2.75) is 51.1 Å². The Morgan fingerprint density at radius 1 is 0.762 bits per heavy atom. The first-order chi connectivity index (χ1) is 19.5. The predicted molar refractivity (Wildman–Crippen MR) is 138 cm³/mol. The number of hydrogen-bond donors (Lipinski definition) is 2. The number of piperidine rings is 2. The molecule has 234 valence electrons. The molecule has 42 heavy (non-hydrogen) atoms. The third-order valence-corrected chi connectivity index (χ3v) is 7.18. The standard InChI is InChI=1S/C24H31FN2O.2C2HF3O2/c1-28-23-7-5-20(6-8-23)18-26-13-9-24(10-14-26)11-15-27(16-12-24)19-21-3-2-4-22(25)17-21;2*3-2(4,5)1(6)7/h2-8,17H,9-16,18-19H2,1H3;2*(H,6,7). The molecular formula is C28H33F7N2O5. The quantitative estimate of drug-likeness (QED) is 0.403. The lowest BCUT2D eigenvalue weighted by Crippen LogP contribution is -2.46. The molecule has 4 rings (SSSR count). The maximum Gasteiger partial charge on any atom is 0.490 e. The molecule has 2 saturated heterocycles. The summed E-state index contributed by atoms with van der Waals surface area (Å²) in [6, 6.07) is 15.5. The van der Waals surface area contributed by atoms with Gasteiger partial charge in [-0.2, -0.15) is 26.3 Å². The molecule has 2 aromatic carbocycles. The van der Waals surface area contributed by atoms with E-state index in [1.54, 1.807) is 13.2 Å². The van der Waals surface area contributed by atoms with E-state index in [9.17, 15) is 30.7 Å². The Morgan fingerprint density at radius 3 is 1.52 bits per heavy atom. The highest BCUT2D eigenvalue weighted by Crippen LogP contribution is 2.41. The summed E-state index contributed by atoms with van der Waals surface area (Å²) in [5, 5.41) is 14.2. The Kier molecular flexibility index (Phi) is 12.6. The number of alkyl halides is 6. The molecule has 0 amide bonds. The van der Waals surface area contributed by atoms with E-state index in [1.165, 1.54) is 50.4 Å². The lowest BCUT2D eigenvalue weighted by atomic mass is 9.71. The Balaban J connectivity index is 0.000000367. The Morgan fingerprint density at radius 2 is 1.17 bits per heavy atom. The molecule has 2 aromatic rings. The Labute approximate surface area is 238 Å². The monoisotopic (exact) mass is 610 g/mol. The second-order valence-corrected chi connectivity index (χ2v) is 10.1. The maximum absolute atomic E-state index is 13.4. The van der Waals surface area contributed by atoms with Crippen LogP contribution in [0.5, 0.6) is 5.75 Å². The van der Waals surface area contributed by atoms with E-state index in [0.29, 0.717) is 5.41 Å². The second-order valence-electron chi connectivity index (χ2n) is 10.1. The van der Waals surface area contributed by atoms with E-state index in [-0.39, 0.29) is 5.82 Å². The average Bonchev–Trinajstić information content (AvgIpc) is 2.92. The SMILES string of the molecule is COc1ccc(CN2CCC3(CC2)CCN(Cc2cccc(F)c2)CC3)cc1.O=C(O)C(F)(F)F.O=C(O)C(F)(F)F. The highest BCUT2D eigenvalue weighted by atomic mass is 19.4. The largest absolute Gasteiger partial charge is 0.497 e. The van der Waals surface area contributed by atoms with E-state index in [2.05, 4.69) is 34.1 Å². The number of likely N-dealkylation sites (tertiary alicyclic amines) is 2. The third-order valence-electron chi connectivity index (χ3n) is 7.18. The van der Waals surface area contributed by atoms with E-state index in [4.69, 9.17) is 24.5 Å². The summed E-state index contributed by atoms with van der Waals surface area (Å²) in [7, 11) is 1.71. The van der Waals surface area contributed by atoms with Gasteiger partial charge >= 0.3 is 24.3 Å². The molecule has 2 N–H and O–H groups in total. The molecular weight excluding hydrogens is 577 g/mol. The van der Waals surface area contributed by atoms with Crippen molar-refractivity contribution in [1.82, 2.24) is 9.80 Å². The van der Waals surface area contributed by atoms with Gasteiger partial charge in [-0.15, -0.1) is 0 Å². The van der Waals surface area contributed by atoms with Gasteiger partial charge in [0, 0.05) is 13.1 Å². The van der Waals surface area contributed by atoms with Crippen LogP contribution >= 0.6 is 0 Å². The number of carboxylic acids is 2. The van der Waals surface area contributed by atoms with Crippen LogP contribution in [0.25, 0.3) is 0 Å². The lowest BCUT2D eigenvalue weighted by Gasteiger charge is -2.47. The third kappa shape index (κ3) is 11.8. The molecule has 2 aliphatic rings. The van der Waals surface area contributed by atoms with Crippen LogP contribution in [0.15, 0.2) is 48.5 Å². The van der Waals surface area contributed by atoms with E-state index in [1.807, 2.05) is 12.1 Å². The van der Waals surface area contributed by atoms with Gasteiger partial charge < -0.3 is 14.9 Å². The normalized spacial score (nSPS) is 17.3. The molecule has 2 fully saturated rings. The van der Waals surface area contributed by atoms with Crippen LogP contribution in [0.3, 0.4) is 0 Å². The van der Waals surface area contributed by atoms with Gasteiger partial charge in [-0.25, -0.2) is 14.0 Å². The number of carbonyl (C=O) groups is 2. The molecule has 0 saturated carbocycles. The molecule has 0 unspecified atom stereocenters. The first-order valence-corrected chi connectivity index (χ1v) is 13.0. The molecule has 7 nitrogen and oxygen atoms in total. The Bertz CT molecular complexity index is 1110. The molecule has 0 radical (unpaired) electrons. The van der Waals surface area contributed by atoms with Crippen LogP contribution in [0.2, 0.25) is 0 Å². The fourth-order valence-corrected chi connectivity index (χ4v) is 4.75.